The van der Waals surface area contributed by atoms with Crippen LogP contribution in [0.1, 0.15) is 30.9 Å². The molecule has 0 radical (unpaired) electrons. The third-order valence-corrected chi connectivity index (χ3v) is 5.47. The summed E-state index contributed by atoms with van der Waals surface area (Å²) in [5, 5.41) is 3.14. The number of hydrogen-bond acceptors (Lipinski definition) is 3. The van der Waals surface area contributed by atoms with Crippen molar-refractivity contribution in [3.63, 3.8) is 0 Å². The lowest BCUT2D eigenvalue weighted by atomic mass is 9.87. The van der Waals surface area contributed by atoms with Crippen LogP contribution in [0.25, 0.3) is 0 Å². The average molecular weight is 381 g/mol. The fourth-order valence-corrected chi connectivity index (χ4v) is 4.26. The van der Waals surface area contributed by atoms with Crippen molar-refractivity contribution in [3.8, 4) is 11.5 Å². The summed E-state index contributed by atoms with van der Waals surface area (Å²) in [6.07, 6.45) is 0.0665. The molecule has 0 bridgehead atoms. The standard InChI is InChI=1S/C23H28N2O3/c1-16(2)14-25-11-12-27-17(15-25)13-24-23(26)22-18-7-3-5-9-20(18)28-21-10-6-4-8-19(21)22/h3-10,16-17,22H,11-15H2,1-2H3,(H,24,26)/p+1/t17-/m1/s1. The number of para-hydroxylation sites is 2. The highest BCUT2D eigenvalue weighted by Crippen LogP contribution is 2.43. The zero-order valence-corrected chi connectivity index (χ0v) is 16.6. The normalized spacial score (nSPS) is 21.5. The number of nitrogens with one attached hydrogen (secondary N) is 2. The highest BCUT2D eigenvalue weighted by Gasteiger charge is 2.33. The molecular weight excluding hydrogens is 352 g/mol. The summed E-state index contributed by atoms with van der Waals surface area (Å²) < 4.78 is 11.9. The predicted octanol–water partition coefficient (Wildman–Crippen LogP) is 1.98. The first-order valence-electron chi connectivity index (χ1n) is 10.2. The Balaban J connectivity index is 1.47. The van der Waals surface area contributed by atoms with Gasteiger partial charge in [-0.2, -0.15) is 0 Å². The quantitative estimate of drug-likeness (QED) is 0.833. The van der Waals surface area contributed by atoms with Crippen LogP contribution in [-0.2, 0) is 9.53 Å². The Kier molecular flexibility index (Phi) is 5.64. The van der Waals surface area contributed by atoms with Gasteiger partial charge in [0.25, 0.3) is 0 Å². The first-order valence-corrected chi connectivity index (χ1v) is 10.2. The maximum Gasteiger partial charge on any atom is 0.232 e. The molecular formula is C23H29N2O3+. The Morgan fingerprint density at radius 3 is 2.39 bits per heavy atom. The van der Waals surface area contributed by atoms with Crippen LogP contribution >= 0.6 is 0 Å². The largest absolute Gasteiger partial charge is 0.457 e. The summed E-state index contributed by atoms with van der Waals surface area (Å²) >= 11 is 0. The van der Waals surface area contributed by atoms with Gasteiger partial charge in [-0.1, -0.05) is 50.2 Å². The van der Waals surface area contributed by atoms with Crippen molar-refractivity contribution in [1.82, 2.24) is 5.32 Å². The van der Waals surface area contributed by atoms with Crippen LogP contribution in [0.15, 0.2) is 48.5 Å². The van der Waals surface area contributed by atoms with Gasteiger partial charge in [-0.15, -0.1) is 0 Å². The van der Waals surface area contributed by atoms with Crippen LogP contribution in [0, 0.1) is 5.92 Å². The van der Waals surface area contributed by atoms with Crippen LogP contribution in [0.2, 0.25) is 0 Å². The predicted molar refractivity (Wildman–Crippen MR) is 108 cm³/mol. The van der Waals surface area contributed by atoms with E-state index in [4.69, 9.17) is 9.47 Å². The molecule has 5 heteroatoms. The van der Waals surface area contributed by atoms with Gasteiger partial charge in [-0.05, 0) is 12.1 Å². The highest BCUT2D eigenvalue weighted by atomic mass is 16.5. The van der Waals surface area contributed by atoms with Crippen molar-refractivity contribution in [3.05, 3.63) is 59.7 Å². The smallest absolute Gasteiger partial charge is 0.232 e. The van der Waals surface area contributed by atoms with Crippen molar-refractivity contribution >= 4 is 5.91 Å². The Bertz CT molecular complexity index is 791. The molecule has 2 aliphatic rings. The van der Waals surface area contributed by atoms with Crippen molar-refractivity contribution in [2.45, 2.75) is 25.9 Å². The van der Waals surface area contributed by atoms with Gasteiger partial charge in [-0.25, -0.2) is 0 Å². The fourth-order valence-electron chi connectivity index (χ4n) is 4.26. The van der Waals surface area contributed by atoms with Gasteiger partial charge in [0.1, 0.15) is 30.7 Å². The molecule has 0 aromatic heterocycles. The van der Waals surface area contributed by atoms with E-state index in [0.717, 1.165) is 48.9 Å². The number of hydrogen-bond donors (Lipinski definition) is 2. The molecule has 1 saturated heterocycles. The second kappa shape index (κ2) is 8.33. The van der Waals surface area contributed by atoms with E-state index in [0.29, 0.717) is 12.5 Å². The number of carbonyl (C=O) groups excluding carboxylic acids is 1. The van der Waals surface area contributed by atoms with E-state index in [1.165, 1.54) is 0 Å². The molecule has 28 heavy (non-hydrogen) atoms. The van der Waals surface area contributed by atoms with Gasteiger partial charge in [-0.3, -0.25) is 4.79 Å². The number of amides is 1. The lowest BCUT2D eigenvalue weighted by molar-refractivity contribution is -0.914. The summed E-state index contributed by atoms with van der Waals surface area (Å²) in [7, 11) is 0. The number of rotatable bonds is 5. The van der Waals surface area contributed by atoms with Crippen LogP contribution in [-0.4, -0.2) is 44.8 Å². The first-order chi connectivity index (χ1) is 13.6. The number of benzene rings is 2. The molecule has 1 unspecified atom stereocenters. The SMILES string of the molecule is CC(C)C[NH+]1CCO[C@H](CNC(=O)C2c3ccccc3Oc3ccccc32)C1. The van der Waals surface area contributed by atoms with Crippen LogP contribution < -0.4 is 15.0 Å². The molecule has 2 N–H and O–H groups in total. The minimum atomic E-state index is -0.358. The zero-order chi connectivity index (χ0) is 19.5. The van der Waals surface area contributed by atoms with Gasteiger partial charge < -0.3 is 19.7 Å². The molecule has 2 atom stereocenters. The molecule has 4 rings (SSSR count). The summed E-state index contributed by atoms with van der Waals surface area (Å²) in [6.45, 7) is 8.93. The Hall–Kier alpha value is -2.37. The summed E-state index contributed by atoms with van der Waals surface area (Å²) in [5.74, 6) is 1.82. The Morgan fingerprint density at radius 1 is 1.11 bits per heavy atom. The number of quaternary nitrogens is 1. The second-order valence-corrected chi connectivity index (χ2v) is 8.15. The Labute approximate surface area is 166 Å². The number of carbonyl (C=O) groups is 1. The van der Waals surface area contributed by atoms with E-state index in [9.17, 15) is 4.79 Å². The van der Waals surface area contributed by atoms with Gasteiger partial charge in [0.15, 0.2) is 0 Å². The fraction of sp³-hybridized carbons (Fsp3) is 0.435. The minimum absolute atomic E-state index is 0.00258. The molecule has 2 heterocycles. The van der Waals surface area contributed by atoms with E-state index in [1.807, 2.05) is 48.5 Å². The Morgan fingerprint density at radius 2 is 1.75 bits per heavy atom. The lowest BCUT2D eigenvalue weighted by Crippen LogP contribution is -3.15. The molecule has 1 fully saturated rings. The van der Waals surface area contributed by atoms with Crippen molar-refractivity contribution in [2.24, 2.45) is 5.92 Å². The molecule has 5 nitrogen and oxygen atoms in total. The lowest BCUT2D eigenvalue weighted by Gasteiger charge is -2.32. The second-order valence-electron chi connectivity index (χ2n) is 8.15. The molecule has 2 aromatic rings. The maximum atomic E-state index is 13.2. The minimum Gasteiger partial charge on any atom is -0.457 e. The van der Waals surface area contributed by atoms with Crippen LogP contribution in [0.3, 0.4) is 0 Å². The monoisotopic (exact) mass is 381 g/mol. The molecule has 2 aromatic carbocycles. The van der Waals surface area contributed by atoms with Crippen LogP contribution in [0.5, 0.6) is 11.5 Å². The third kappa shape index (κ3) is 4.05. The van der Waals surface area contributed by atoms with Crippen molar-refractivity contribution in [1.29, 1.82) is 0 Å². The average Bonchev–Trinajstić information content (AvgIpc) is 2.70. The number of ether oxygens (including phenoxy) is 2. The van der Waals surface area contributed by atoms with Gasteiger partial charge >= 0.3 is 0 Å². The van der Waals surface area contributed by atoms with Gasteiger partial charge in [0, 0.05) is 23.6 Å². The summed E-state index contributed by atoms with van der Waals surface area (Å²) in [4.78, 5) is 14.8. The molecule has 0 saturated carbocycles. The van der Waals surface area contributed by atoms with Crippen molar-refractivity contribution < 1.29 is 19.2 Å². The summed E-state index contributed by atoms with van der Waals surface area (Å²) in [5.41, 5.74) is 1.82. The first kappa shape index (κ1) is 19.0. The molecule has 2 aliphatic heterocycles. The van der Waals surface area contributed by atoms with E-state index in [2.05, 4.69) is 19.2 Å². The van der Waals surface area contributed by atoms with Crippen LogP contribution in [0.4, 0.5) is 0 Å². The zero-order valence-electron chi connectivity index (χ0n) is 16.6. The summed E-state index contributed by atoms with van der Waals surface area (Å²) in [6, 6.07) is 15.6. The molecule has 1 amide bonds. The van der Waals surface area contributed by atoms with E-state index < -0.39 is 0 Å². The van der Waals surface area contributed by atoms with Crippen molar-refractivity contribution in [2.75, 3.05) is 32.8 Å². The topological polar surface area (TPSA) is 52.0 Å². The third-order valence-electron chi connectivity index (χ3n) is 5.47. The number of morpholine rings is 1. The van der Waals surface area contributed by atoms with Gasteiger partial charge in [0.2, 0.25) is 5.91 Å². The molecule has 148 valence electrons. The number of fused-ring (bicyclic) bond motifs is 2. The van der Waals surface area contributed by atoms with E-state index >= 15 is 0 Å². The van der Waals surface area contributed by atoms with E-state index in [-0.39, 0.29) is 17.9 Å². The molecule has 0 spiro atoms. The molecule has 0 aliphatic carbocycles. The van der Waals surface area contributed by atoms with Gasteiger partial charge in [0.05, 0.1) is 19.1 Å². The van der Waals surface area contributed by atoms with E-state index in [1.54, 1.807) is 4.90 Å². The maximum absolute atomic E-state index is 13.2. The highest BCUT2D eigenvalue weighted by molar-refractivity contribution is 5.89.